The summed E-state index contributed by atoms with van der Waals surface area (Å²) >= 11 is 0. The average molecular weight is 609 g/mol. The van der Waals surface area contributed by atoms with E-state index in [-0.39, 0.29) is 17.0 Å². The second-order valence-corrected chi connectivity index (χ2v) is 10.8. The normalized spacial score (nSPS) is 12.5. The summed E-state index contributed by atoms with van der Waals surface area (Å²) in [6.45, 7) is 1.44. The van der Waals surface area contributed by atoms with Crippen molar-refractivity contribution in [2.75, 3.05) is 12.3 Å². The molecule has 0 aromatic heterocycles. The molecule has 5 nitrogen and oxygen atoms in total. The van der Waals surface area contributed by atoms with Crippen molar-refractivity contribution < 1.29 is 27.9 Å². The molecule has 0 aliphatic carbocycles. The minimum absolute atomic E-state index is 0.180. The lowest BCUT2D eigenvalue weighted by Gasteiger charge is -2.29. The van der Waals surface area contributed by atoms with Crippen LogP contribution in [0.25, 0.3) is 22.3 Å². The third-order valence-corrected chi connectivity index (χ3v) is 7.67. The topological polar surface area (TPSA) is 83.6 Å². The maximum absolute atomic E-state index is 12.7. The molecule has 0 atom stereocenters. The Bertz CT molecular complexity index is 1790. The fourth-order valence-electron chi connectivity index (χ4n) is 5.28. The number of carboxylic acids is 1. The van der Waals surface area contributed by atoms with Gasteiger partial charge in [-0.25, -0.2) is 4.79 Å². The molecule has 5 aromatic rings. The zero-order chi connectivity index (χ0) is 32.0. The highest BCUT2D eigenvalue weighted by Crippen LogP contribution is 2.33. The lowest BCUT2D eigenvalue weighted by Crippen LogP contribution is -2.36. The van der Waals surface area contributed by atoms with Crippen molar-refractivity contribution in [3.63, 3.8) is 0 Å². The Labute approximate surface area is 259 Å². The quantitative estimate of drug-likeness (QED) is 0.197. The van der Waals surface area contributed by atoms with Crippen molar-refractivity contribution in [2.24, 2.45) is 0 Å². The van der Waals surface area contributed by atoms with Crippen LogP contribution in [0.15, 0.2) is 121 Å². The number of carbonyl (C=O) groups is 2. The number of nitrogen functional groups attached to an aromatic ring is 1. The standard InChI is InChI=1S/C23H22N2O.C14H9F3O2/c24-22-11-10-21-16-25(13-12-20(21)15-22)23(26)14-17-6-8-19(9-7-17)18-4-2-1-3-5-18;15-14(16,17)10-6-7-11(12(8-10)13(18)19)9-4-2-1-3-5-9/h1-11,15H,12-14,16,24H2;1-8H,(H,18,19). The van der Waals surface area contributed by atoms with Crippen LogP contribution in [0, 0.1) is 0 Å². The first kappa shape index (κ1) is 31.1. The van der Waals surface area contributed by atoms with Gasteiger partial charge < -0.3 is 15.7 Å². The fourth-order valence-corrected chi connectivity index (χ4v) is 5.28. The number of rotatable bonds is 5. The molecule has 0 unspecified atom stereocenters. The van der Waals surface area contributed by atoms with Crippen molar-refractivity contribution in [3.8, 4) is 22.3 Å². The molecule has 0 bridgehead atoms. The second kappa shape index (κ2) is 13.5. The largest absolute Gasteiger partial charge is 0.478 e. The molecule has 0 saturated carbocycles. The van der Waals surface area contributed by atoms with Gasteiger partial charge in [-0.3, -0.25) is 4.79 Å². The highest BCUT2D eigenvalue weighted by molar-refractivity contribution is 5.96. The average Bonchev–Trinajstić information content (AvgIpc) is 3.05. The number of benzene rings is 5. The number of fused-ring (bicyclic) bond motifs is 1. The van der Waals surface area contributed by atoms with Gasteiger partial charge in [0.1, 0.15) is 0 Å². The van der Waals surface area contributed by atoms with Gasteiger partial charge in [-0.1, -0.05) is 97.1 Å². The monoisotopic (exact) mass is 608 g/mol. The number of nitrogens with zero attached hydrogens (tertiary/aromatic N) is 1. The number of hydrogen-bond donors (Lipinski definition) is 2. The Balaban J connectivity index is 0.000000187. The zero-order valence-electron chi connectivity index (χ0n) is 24.3. The summed E-state index contributed by atoms with van der Waals surface area (Å²) in [5.41, 5.74) is 12.0. The van der Waals surface area contributed by atoms with Gasteiger partial charge in [-0.15, -0.1) is 0 Å². The Morgan fingerprint density at radius 3 is 1.98 bits per heavy atom. The lowest BCUT2D eigenvalue weighted by atomic mass is 9.97. The third-order valence-electron chi connectivity index (χ3n) is 7.67. The molecular formula is C37H31F3N2O3. The number of carboxylic acid groups (broad SMARTS) is 1. The van der Waals surface area contributed by atoms with Crippen LogP contribution in [0.2, 0.25) is 0 Å². The van der Waals surface area contributed by atoms with E-state index < -0.39 is 17.7 Å². The van der Waals surface area contributed by atoms with Crippen molar-refractivity contribution >= 4 is 17.6 Å². The maximum Gasteiger partial charge on any atom is 0.416 e. The molecule has 1 aliphatic rings. The summed E-state index contributed by atoms with van der Waals surface area (Å²) in [6, 6.07) is 35.7. The van der Waals surface area contributed by atoms with Gasteiger partial charge in [0.15, 0.2) is 0 Å². The second-order valence-electron chi connectivity index (χ2n) is 10.8. The van der Waals surface area contributed by atoms with Gasteiger partial charge in [0.05, 0.1) is 17.5 Å². The van der Waals surface area contributed by atoms with E-state index in [0.29, 0.717) is 24.6 Å². The predicted molar refractivity (Wildman–Crippen MR) is 169 cm³/mol. The molecule has 0 radical (unpaired) electrons. The van der Waals surface area contributed by atoms with Crippen LogP contribution in [0.3, 0.4) is 0 Å². The van der Waals surface area contributed by atoms with E-state index in [0.717, 1.165) is 30.3 Å². The van der Waals surface area contributed by atoms with Gasteiger partial charge in [0.25, 0.3) is 0 Å². The van der Waals surface area contributed by atoms with E-state index in [4.69, 9.17) is 10.8 Å². The molecule has 228 valence electrons. The summed E-state index contributed by atoms with van der Waals surface area (Å²) in [4.78, 5) is 25.8. The van der Waals surface area contributed by atoms with Gasteiger partial charge in [-0.2, -0.15) is 13.2 Å². The summed E-state index contributed by atoms with van der Waals surface area (Å²) in [6.07, 6.45) is -3.24. The number of halogens is 3. The Morgan fingerprint density at radius 2 is 1.36 bits per heavy atom. The van der Waals surface area contributed by atoms with Gasteiger partial charge >= 0.3 is 12.1 Å². The van der Waals surface area contributed by atoms with Crippen LogP contribution < -0.4 is 5.73 Å². The van der Waals surface area contributed by atoms with Crippen LogP contribution in [0.1, 0.15) is 32.6 Å². The fraction of sp³-hybridized carbons (Fsp3) is 0.135. The Hall–Kier alpha value is -5.37. The van der Waals surface area contributed by atoms with Crippen LogP contribution >= 0.6 is 0 Å². The minimum Gasteiger partial charge on any atom is -0.478 e. The number of aromatic carboxylic acids is 1. The van der Waals surface area contributed by atoms with Crippen LogP contribution in [-0.4, -0.2) is 28.4 Å². The van der Waals surface area contributed by atoms with Crippen molar-refractivity contribution in [2.45, 2.75) is 25.6 Å². The van der Waals surface area contributed by atoms with Gasteiger partial charge in [0.2, 0.25) is 5.91 Å². The first-order valence-corrected chi connectivity index (χ1v) is 14.4. The minimum atomic E-state index is -4.56. The molecule has 1 heterocycles. The molecule has 45 heavy (non-hydrogen) atoms. The van der Waals surface area contributed by atoms with Crippen LogP contribution in [0.4, 0.5) is 18.9 Å². The summed E-state index contributed by atoms with van der Waals surface area (Å²) in [7, 11) is 0. The van der Waals surface area contributed by atoms with Gasteiger partial charge in [0, 0.05) is 18.8 Å². The van der Waals surface area contributed by atoms with Gasteiger partial charge in [-0.05, 0) is 69.6 Å². The lowest BCUT2D eigenvalue weighted by molar-refractivity contribution is -0.137. The summed E-state index contributed by atoms with van der Waals surface area (Å²) in [5.74, 6) is -1.20. The molecule has 3 N–H and O–H groups in total. The summed E-state index contributed by atoms with van der Waals surface area (Å²) in [5, 5.41) is 9.05. The van der Waals surface area contributed by atoms with Crippen molar-refractivity contribution in [3.05, 3.63) is 149 Å². The number of carbonyl (C=O) groups excluding carboxylic acids is 1. The number of nitrogens with two attached hydrogens (primary N) is 1. The number of alkyl halides is 3. The molecular weight excluding hydrogens is 577 g/mol. The maximum atomic E-state index is 12.7. The van der Waals surface area contributed by atoms with E-state index in [9.17, 15) is 22.8 Å². The van der Waals surface area contributed by atoms with Crippen LogP contribution in [-0.2, 0) is 30.4 Å². The summed E-state index contributed by atoms with van der Waals surface area (Å²) < 4.78 is 37.7. The molecule has 8 heteroatoms. The molecule has 5 aromatic carbocycles. The predicted octanol–water partition coefficient (Wildman–Crippen LogP) is 8.13. The third kappa shape index (κ3) is 7.78. The molecule has 6 rings (SSSR count). The highest BCUT2D eigenvalue weighted by Gasteiger charge is 2.32. The SMILES string of the molecule is Nc1ccc2c(c1)CCN(C(=O)Cc1ccc(-c3ccccc3)cc1)C2.O=C(O)c1cc(C(F)(F)F)ccc1-c1ccccc1. The van der Waals surface area contributed by atoms with E-state index in [1.807, 2.05) is 41.3 Å². The van der Waals surface area contributed by atoms with Crippen molar-refractivity contribution in [1.82, 2.24) is 4.90 Å². The van der Waals surface area contributed by atoms with E-state index in [2.05, 4.69) is 36.4 Å². The van der Waals surface area contributed by atoms with Crippen LogP contribution in [0.5, 0.6) is 0 Å². The number of anilines is 1. The molecule has 0 fully saturated rings. The van der Waals surface area contributed by atoms with Crippen molar-refractivity contribution in [1.29, 1.82) is 0 Å². The van der Waals surface area contributed by atoms with E-state index in [1.165, 1.54) is 28.3 Å². The Morgan fingerprint density at radius 1 is 0.733 bits per heavy atom. The zero-order valence-corrected chi connectivity index (χ0v) is 24.3. The molecule has 1 aliphatic heterocycles. The molecule has 0 saturated heterocycles. The number of amides is 1. The number of hydrogen-bond acceptors (Lipinski definition) is 3. The highest BCUT2D eigenvalue weighted by atomic mass is 19.4. The first-order chi connectivity index (χ1) is 21.6. The molecule has 1 amide bonds. The first-order valence-electron chi connectivity index (χ1n) is 14.4. The smallest absolute Gasteiger partial charge is 0.416 e. The molecule has 0 spiro atoms. The van der Waals surface area contributed by atoms with E-state index >= 15 is 0 Å². The Kier molecular flexibility index (Phi) is 9.33. The van der Waals surface area contributed by atoms with E-state index in [1.54, 1.807) is 30.3 Å².